The molecule has 2 heteroatoms. The maximum Gasteiger partial charge on any atom is 0.119 e. The molecule has 0 atom stereocenters. The zero-order valence-corrected chi connectivity index (χ0v) is 14.5. The standard InChI is InChI=1S/C21H29NO/c1-3-4-5-6-7-16-23-21-14-10-19(11-15-21)17-22-20-12-8-18(2)9-13-20/h8-15,22H,3-7,16-17H2,1-2H3. The molecule has 0 aliphatic rings. The van der Waals surface area contributed by atoms with Crippen LogP contribution in [0.2, 0.25) is 0 Å². The average molecular weight is 311 g/mol. The van der Waals surface area contributed by atoms with Gasteiger partial charge < -0.3 is 10.1 Å². The van der Waals surface area contributed by atoms with E-state index >= 15 is 0 Å². The van der Waals surface area contributed by atoms with Crippen molar-refractivity contribution in [2.45, 2.75) is 52.5 Å². The molecule has 0 spiro atoms. The van der Waals surface area contributed by atoms with E-state index in [1.807, 2.05) is 0 Å². The Balaban J connectivity index is 1.68. The van der Waals surface area contributed by atoms with E-state index in [0.717, 1.165) is 31.0 Å². The predicted octanol–water partition coefficient (Wildman–Crippen LogP) is 5.96. The fourth-order valence-corrected chi connectivity index (χ4v) is 2.47. The summed E-state index contributed by atoms with van der Waals surface area (Å²) in [5, 5.41) is 3.44. The minimum atomic E-state index is 0.824. The summed E-state index contributed by atoms with van der Waals surface area (Å²) in [5.41, 5.74) is 3.70. The molecule has 2 nitrogen and oxygen atoms in total. The fourth-order valence-electron chi connectivity index (χ4n) is 2.47. The van der Waals surface area contributed by atoms with Crippen molar-refractivity contribution in [3.8, 4) is 5.75 Å². The van der Waals surface area contributed by atoms with Crippen LogP contribution in [-0.2, 0) is 6.54 Å². The van der Waals surface area contributed by atoms with Crippen LogP contribution in [0.15, 0.2) is 48.5 Å². The molecule has 124 valence electrons. The topological polar surface area (TPSA) is 21.3 Å². The van der Waals surface area contributed by atoms with E-state index in [1.54, 1.807) is 0 Å². The van der Waals surface area contributed by atoms with Gasteiger partial charge in [-0.15, -0.1) is 0 Å². The molecule has 0 amide bonds. The summed E-state index contributed by atoms with van der Waals surface area (Å²) in [6.45, 7) is 6.00. The maximum atomic E-state index is 5.80. The lowest BCUT2D eigenvalue weighted by atomic mass is 10.2. The first-order valence-electron chi connectivity index (χ1n) is 8.80. The predicted molar refractivity (Wildman–Crippen MR) is 99.2 cm³/mol. The quantitative estimate of drug-likeness (QED) is 0.547. The summed E-state index contributed by atoms with van der Waals surface area (Å²) >= 11 is 0. The maximum absolute atomic E-state index is 5.80. The Kier molecular flexibility index (Phi) is 7.51. The van der Waals surface area contributed by atoms with Gasteiger partial charge in [-0.25, -0.2) is 0 Å². The lowest BCUT2D eigenvalue weighted by molar-refractivity contribution is 0.304. The molecule has 0 bridgehead atoms. The summed E-state index contributed by atoms with van der Waals surface area (Å²) < 4.78 is 5.80. The zero-order valence-electron chi connectivity index (χ0n) is 14.5. The van der Waals surface area contributed by atoms with Crippen molar-refractivity contribution >= 4 is 5.69 Å². The molecule has 0 fully saturated rings. The zero-order chi connectivity index (χ0) is 16.3. The number of aryl methyl sites for hydroxylation is 1. The van der Waals surface area contributed by atoms with Crippen molar-refractivity contribution in [1.82, 2.24) is 0 Å². The highest BCUT2D eigenvalue weighted by Crippen LogP contribution is 2.15. The third-order valence-electron chi connectivity index (χ3n) is 3.99. The van der Waals surface area contributed by atoms with E-state index in [1.165, 1.54) is 36.8 Å². The summed E-state index contributed by atoms with van der Waals surface area (Å²) in [6, 6.07) is 16.9. The largest absolute Gasteiger partial charge is 0.494 e. The van der Waals surface area contributed by atoms with Crippen molar-refractivity contribution in [1.29, 1.82) is 0 Å². The second-order valence-corrected chi connectivity index (χ2v) is 6.13. The smallest absolute Gasteiger partial charge is 0.119 e. The molecule has 0 saturated carbocycles. The average Bonchev–Trinajstić information content (AvgIpc) is 2.58. The minimum absolute atomic E-state index is 0.824. The van der Waals surface area contributed by atoms with Crippen LogP contribution in [0.5, 0.6) is 5.75 Å². The van der Waals surface area contributed by atoms with Gasteiger partial charge >= 0.3 is 0 Å². The van der Waals surface area contributed by atoms with Crippen LogP contribution >= 0.6 is 0 Å². The number of hydrogen-bond acceptors (Lipinski definition) is 2. The Morgan fingerprint density at radius 3 is 2.22 bits per heavy atom. The molecule has 2 rings (SSSR count). The summed E-state index contributed by atoms with van der Waals surface area (Å²) in [7, 11) is 0. The van der Waals surface area contributed by atoms with E-state index < -0.39 is 0 Å². The molecule has 2 aromatic rings. The Morgan fingerprint density at radius 2 is 1.52 bits per heavy atom. The summed E-state index contributed by atoms with van der Waals surface area (Å²) in [6.07, 6.45) is 6.37. The lowest BCUT2D eigenvalue weighted by Crippen LogP contribution is -2.00. The Bertz CT molecular complexity index is 545. The summed E-state index contributed by atoms with van der Waals surface area (Å²) in [4.78, 5) is 0. The molecule has 0 unspecified atom stereocenters. The molecule has 0 heterocycles. The van der Waals surface area contributed by atoms with Gasteiger partial charge in [0, 0.05) is 12.2 Å². The second kappa shape index (κ2) is 9.94. The Morgan fingerprint density at radius 1 is 0.826 bits per heavy atom. The number of unbranched alkanes of at least 4 members (excludes halogenated alkanes) is 4. The van der Waals surface area contributed by atoms with Gasteiger partial charge in [-0.1, -0.05) is 62.4 Å². The third-order valence-corrected chi connectivity index (χ3v) is 3.99. The first-order valence-corrected chi connectivity index (χ1v) is 8.80. The Hall–Kier alpha value is -1.96. The monoisotopic (exact) mass is 311 g/mol. The second-order valence-electron chi connectivity index (χ2n) is 6.13. The van der Waals surface area contributed by atoms with E-state index in [9.17, 15) is 0 Å². The lowest BCUT2D eigenvalue weighted by Gasteiger charge is -2.09. The van der Waals surface area contributed by atoms with Gasteiger partial charge in [-0.05, 0) is 43.2 Å². The SMILES string of the molecule is CCCCCCCOc1ccc(CNc2ccc(C)cc2)cc1. The van der Waals surface area contributed by atoms with Gasteiger partial charge in [-0.3, -0.25) is 0 Å². The van der Waals surface area contributed by atoms with Gasteiger partial charge in [-0.2, -0.15) is 0 Å². The third kappa shape index (κ3) is 6.77. The highest BCUT2D eigenvalue weighted by atomic mass is 16.5. The molecule has 0 aliphatic heterocycles. The number of benzene rings is 2. The molecule has 0 aromatic heterocycles. The van der Waals surface area contributed by atoms with Crippen LogP contribution in [0.4, 0.5) is 5.69 Å². The van der Waals surface area contributed by atoms with E-state index in [2.05, 4.69) is 67.7 Å². The van der Waals surface area contributed by atoms with Crippen molar-refractivity contribution in [2.24, 2.45) is 0 Å². The number of nitrogens with one attached hydrogen (secondary N) is 1. The molecule has 23 heavy (non-hydrogen) atoms. The number of ether oxygens (including phenoxy) is 1. The molecule has 0 aliphatic carbocycles. The minimum Gasteiger partial charge on any atom is -0.494 e. The van der Waals surface area contributed by atoms with Crippen LogP contribution in [0, 0.1) is 6.92 Å². The van der Waals surface area contributed by atoms with Crippen molar-refractivity contribution in [2.75, 3.05) is 11.9 Å². The van der Waals surface area contributed by atoms with E-state index in [0.29, 0.717) is 0 Å². The fraction of sp³-hybridized carbons (Fsp3) is 0.429. The van der Waals surface area contributed by atoms with Crippen LogP contribution < -0.4 is 10.1 Å². The van der Waals surface area contributed by atoms with Gasteiger partial charge in [0.1, 0.15) is 5.75 Å². The molecular weight excluding hydrogens is 282 g/mol. The highest BCUT2D eigenvalue weighted by Gasteiger charge is 1.97. The van der Waals surface area contributed by atoms with Gasteiger partial charge in [0.15, 0.2) is 0 Å². The van der Waals surface area contributed by atoms with Gasteiger partial charge in [0.2, 0.25) is 0 Å². The summed E-state index contributed by atoms with van der Waals surface area (Å²) in [5.74, 6) is 0.972. The van der Waals surface area contributed by atoms with Crippen LogP contribution in [0.25, 0.3) is 0 Å². The number of anilines is 1. The molecule has 2 aromatic carbocycles. The van der Waals surface area contributed by atoms with Crippen molar-refractivity contribution in [3.05, 3.63) is 59.7 Å². The van der Waals surface area contributed by atoms with E-state index in [-0.39, 0.29) is 0 Å². The van der Waals surface area contributed by atoms with Crippen LogP contribution in [0.1, 0.15) is 50.2 Å². The molecule has 0 radical (unpaired) electrons. The first kappa shape index (κ1) is 17.4. The molecular formula is C21H29NO. The van der Waals surface area contributed by atoms with Gasteiger partial charge in [0.05, 0.1) is 6.61 Å². The van der Waals surface area contributed by atoms with Crippen LogP contribution in [-0.4, -0.2) is 6.61 Å². The van der Waals surface area contributed by atoms with Crippen molar-refractivity contribution in [3.63, 3.8) is 0 Å². The first-order chi connectivity index (χ1) is 11.3. The molecule has 1 N–H and O–H groups in total. The highest BCUT2D eigenvalue weighted by molar-refractivity contribution is 5.45. The number of hydrogen-bond donors (Lipinski definition) is 1. The van der Waals surface area contributed by atoms with Gasteiger partial charge in [0.25, 0.3) is 0 Å². The van der Waals surface area contributed by atoms with Crippen molar-refractivity contribution < 1.29 is 4.74 Å². The molecule has 0 saturated heterocycles. The van der Waals surface area contributed by atoms with E-state index in [4.69, 9.17) is 4.74 Å². The van der Waals surface area contributed by atoms with Crippen LogP contribution in [0.3, 0.4) is 0 Å². The number of rotatable bonds is 10. The normalized spacial score (nSPS) is 10.5. The Labute approximate surface area is 140 Å².